The van der Waals surface area contributed by atoms with Gasteiger partial charge in [0.25, 0.3) is 0 Å². The van der Waals surface area contributed by atoms with E-state index < -0.39 is 0 Å². The smallest absolute Gasteiger partial charge is 0.322 e. The van der Waals surface area contributed by atoms with Crippen LogP contribution < -0.4 is 9.64 Å². The van der Waals surface area contributed by atoms with Gasteiger partial charge in [-0.2, -0.15) is 15.0 Å². The Hall–Kier alpha value is -1.18. The van der Waals surface area contributed by atoms with E-state index >= 15 is 0 Å². The fraction of sp³-hybridized carbons (Fsp3) is 0.700. The molecule has 102 valence electrons. The van der Waals surface area contributed by atoms with Crippen molar-refractivity contribution in [2.24, 2.45) is 0 Å². The largest absolute Gasteiger partial charge is 0.463 e. The SMILES string of the molecule is CCCOc1nc(Cl)nc(N(CCO)CCO)n1. The Morgan fingerprint density at radius 1 is 1.17 bits per heavy atom. The molecule has 0 bridgehead atoms. The van der Waals surface area contributed by atoms with Gasteiger partial charge in [0.1, 0.15) is 0 Å². The number of aromatic nitrogens is 3. The summed E-state index contributed by atoms with van der Waals surface area (Å²) in [6.45, 7) is 2.90. The number of ether oxygens (including phenoxy) is 1. The summed E-state index contributed by atoms with van der Waals surface area (Å²) in [7, 11) is 0. The van der Waals surface area contributed by atoms with Crippen LogP contribution in [-0.2, 0) is 0 Å². The molecule has 0 aliphatic carbocycles. The number of halogens is 1. The van der Waals surface area contributed by atoms with E-state index in [-0.39, 0.29) is 30.5 Å². The Kier molecular flexibility index (Phi) is 6.63. The zero-order valence-corrected chi connectivity index (χ0v) is 11.0. The molecule has 1 rings (SSSR count). The molecule has 1 aromatic rings. The van der Waals surface area contributed by atoms with Gasteiger partial charge in [-0.1, -0.05) is 6.92 Å². The Labute approximate surface area is 110 Å². The molecular weight excluding hydrogens is 260 g/mol. The van der Waals surface area contributed by atoms with Crippen molar-refractivity contribution in [2.45, 2.75) is 13.3 Å². The highest BCUT2D eigenvalue weighted by atomic mass is 35.5. The maximum Gasteiger partial charge on any atom is 0.322 e. The molecule has 0 aliphatic heterocycles. The maximum atomic E-state index is 8.95. The number of aliphatic hydroxyl groups is 2. The first-order chi connectivity index (χ1) is 8.71. The Morgan fingerprint density at radius 3 is 2.39 bits per heavy atom. The van der Waals surface area contributed by atoms with E-state index in [1.807, 2.05) is 6.92 Å². The Balaban J connectivity index is 2.87. The maximum absolute atomic E-state index is 8.95. The van der Waals surface area contributed by atoms with Crippen molar-refractivity contribution in [2.75, 3.05) is 37.8 Å². The van der Waals surface area contributed by atoms with Crippen LogP contribution >= 0.6 is 11.6 Å². The van der Waals surface area contributed by atoms with E-state index in [2.05, 4.69) is 15.0 Å². The lowest BCUT2D eigenvalue weighted by atomic mass is 10.5. The van der Waals surface area contributed by atoms with Gasteiger partial charge in [0.15, 0.2) is 0 Å². The van der Waals surface area contributed by atoms with E-state index in [9.17, 15) is 0 Å². The first-order valence-electron chi connectivity index (χ1n) is 5.72. The molecule has 18 heavy (non-hydrogen) atoms. The first kappa shape index (κ1) is 14.9. The van der Waals surface area contributed by atoms with Gasteiger partial charge in [0.05, 0.1) is 19.8 Å². The van der Waals surface area contributed by atoms with Crippen LogP contribution in [-0.4, -0.2) is 58.1 Å². The normalized spacial score (nSPS) is 10.4. The summed E-state index contributed by atoms with van der Waals surface area (Å²) in [5, 5.41) is 17.9. The van der Waals surface area contributed by atoms with Gasteiger partial charge in [0, 0.05) is 13.1 Å². The van der Waals surface area contributed by atoms with E-state index in [4.69, 9.17) is 26.6 Å². The van der Waals surface area contributed by atoms with Crippen LogP contribution in [0, 0.1) is 0 Å². The monoisotopic (exact) mass is 276 g/mol. The molecule has 2 N–H and O–H groups in total. The topological polar surface area (TPSA) is 91.6 Å². The number of hydrogen-bond acceptors (Lipinski definition) is 7. The van der Waals surface area contributed by atoms with Gasteiger partial charge < -0.3 is 19.8 Å². The van der Waals surface area contributed by atoms with Crippen molar-refractivity contribution >= 4 is 17.5 Å². The van der Waals surface area contributed by atoms with Crippen LogP contribution in [0.2, 0.25) is 5.28 Å². The standard InChI is InChI=1S/C10H17ClN4O3/c1-2-7-18-10-13-8(11)12-9(14-10)15(3-5-16)4-6-17/h16-17H,2-7H2,1H3. The third-order valence-electron chi connectivity index (χ3n) is 2.03. The average molecular weight is 277 g/mol. The number of hydrogen-bond donors (Lipinski definition) is 2. The quantitative estimate of drug-likeness (QED) is 0.696. The minimum absolute atomic E-state index is 0.0204. The van der Waals surface area contributed by atoms with Crippen molar-refractivity contribution in [1.29, 1.82) is 0 Å². The molecule has 0 aliphatic rings. The van der Waals surface area contributed by atoms with Gasteiger partial charge >= 0.3 is 6.01 Å². The molecule has 0 amide bonds. The van der Waals surface area contributed by atoms with Crippen molar-refractivity contribution in [3.8, 4) is 6.01 Å². The molecule has 0 unspecified atom stereocenters. The van der Waals surface area contributed by atoms with Crippen LogP contribution in [0.1, 0.15) is 13.3 Å². The molecule has 0 atom stereocenters. The van der Waals surface area contributed by atoms with E-state index in [0.717, 1.165) is 6.42 Å². The fourth-order valence-electron chi connectivity index (χ4n) is 1.27. The Morgan fingerprint density at radius 2 is 1.83 bits per heavy atom. The summed E-state index contributed by atoms with van der Waals surface area (Å²) in [5.74, 6) is 0.282. The lowest BCUT2D eigenvalue weighted by Crippen LogP contribution is -2.31. The highest BCUT2D eigenvalue weighted by molar-refractivity contribution is 6.28. The minimum atomic E-state index is -0.0749. The third kappa shape index (κ3) is 4.59. The zero-order valence-electron chi connectivity index (χ0n) is 10.2. The van der Waals surface area contributed by atoms with Gasteiger partial charge in [-0.05, 0) is 18.0 Å². The van der Waals surface area contributed by atoms with Crippen molar-refractivity contribution in [3.63, 3.8) is 0 Å². The van der Waals surface area contributed by atoms with Crippen LogP contribution in [0.3, 0.4) is 0 Å². The third-order valence-corrected chi connectivity index (χ3v) is 2.20. The van der Waals surface area contributed by atoms with Gasteiger partial charge in [-0.25, -0.2) is 0 Å². The summed E-state index contributed by atoms with van der Waals surface area (Å²) in [6, 6.07) is 0.146. The van der Waals surface area contributed by atoms with Gasteiger partial charge in [-0.3, -0.25) is 0 Å². The van der Waals surface area contributed by atoms with E-state index in [0.29, 0.717) is 19.7 Å². The average Bonchev–Trinajstić information content (AvgIpc) is 2.35. The van der Waals surface area contributed by atoms with E-state index in [1.54, 1.807) is 4.90 Å². The molecule has 0 saturated heterocycles. The van der Waals surface area contributed by atoms with Crippen LogP contribution in [0.15, 0.2) is 0 Å². The van der Waals surface area contributed by atoms with Gasteiger partial charge in [0.2, 0.25) is 11.2 Å². The van der Waals surface area contributed by atoms with Crippen LogP contribution in [0.5, 0.6) is 6.01 Å². The number of aliphatic hydroxyl groups excluding tert-OH is 2. The number of anilines is 1. The lowest BCUT2D eigenvalue weighted by molar-refractivity contribution is 0.276. The van der Waals surface area contributed by atoms with Crippen LogP contribution in [0.4, 0.5) is 5.95 Å². The summed E-state index contributed by atoms with van der Waals surface area (Å²) in [6.07, 6.45) is 0.829. The van der Waals surface area contributed by atoms with Crippen molar-refractivity contribution in [3.05, 3.63) is 5.28 Å². The molecule has 1 aromatic heterocycles. The molecule has 0 spiro atoms. The first-order valence-corrected chi connectivity index (χ1v) is 6.10. The second kappa shape index (κ2) is 8.02. The highest BCUT2D eigenvalue weighted by Crippen LogP contribution is 2.15. The molecule has 1 heterocycles. The summed E-state index contributed by atoms with van der Waals surface area (Å²) in [5.41, 5.74) is 0. The highest BCUT2D eigenvalue weighted by Gasteiger charge is 2.12. The number of nitrogens with zero attached hydrogens (tertiary/aromatic N) is 4. The lowest BCUT2D eigenvalue weighted by Gasteiger charge is -2.20. The summed E-state index contributed by atoms with van der Waals surface area (Å²) in [4.78, 5) is 13.5. The fourth-order valence-corrected chi connectivity index (χ4v) is 1.42. The minimum Gasteiger partial charge on any atom is -0.463 e. The summed E-state index contributed by atoms with van der Waals surface area (Å²) >= 11 is 5.78. The summed E-state index contributed by atoms with van der Waals surface area (Å²) < 4.78 is 5.28. The second-order valence-electron chi connectivity index (χ2n) is 3.47. The Bertz CT molecular complexity index is 361. The molecule has 0 radical (unpaired) electrons. The number of rotatable bonds is 8. The predicted molar refractivity (Wildman–Crippen MR) is 67.0 cm³/mol. The molecule has 0 saturated carbocycles. The van der Waals surface area contributed by atoms with Crippen molar-refractivity contribution in [1.82, 2.24) is 15.0 Å². The molecule has 8 heteroatoms. The van der Waals surface area contributed by atoms with Crippen LogP contribution in [0.25, 0.3) is 0 Å². The second-order valence-corrected chi connectivity index (χ2v) is 3.81. The molecule has 0 fully saturated rings. The van der Waals surface area contributed by atoms with Gasteiger partial charge in [-0.15, -0.1) is 0 Å². The van der Waals surface area contributed by atoms with E-state index in [1.165, 1.54) is 0 Å². The predicted octanol–water partition coefficient (Wildman–Crippen LogP) is 0.105. The molecular formula is C10H17ClN4O3. The molecule has 0 aromatic carbocycles. The van der Waals surface area contributed by atoms with Crippen molar-refractivity contribution < 1.29 is 14.9 Å². The zero-order chi connectivity index (χ0) is 13.4. The molecule has 7 nitrogen and oxygen atoms in total.